The van der Waals surface area contributed by atoms with Crippen molar-refractivity contribution in [2.45, 2.75) is 52.7 Å². The fourth-order valence-corrected chi connectivity index (χ4v) is 4.01. The van der Waals surface area contributed by atoms with E-state index in [0.29, 0.717) is 24.7 Å². The lowest BCUT2D eigenvalue weighted by molar-refractivity contribution is -0.177. The molecule has 1 aromatic rings. The molecule has 1 saturated heterocycles. The van der Waals surface area contributed by atoms with Crippen LogP contribution in [0.5, 0.6) is 5.75 Å². The highest BCUT2D eigenvalue weighted by atomic mass is 16.5. The van der Waals surface area contributed by atoms with Crippen LogP contribution in [-0.2, 0) is 4.74 Å². The largest absolute Gasteiger partial charge is 0.492 e. The van der Waals surface area contributed by atoms with Crippen molar-refractivity contribution in [3.05, 3.63) is 23.8 Å². The summed E-state index contributed by atoms with van der Waals surface area (Å²) in [7, 11) is 0. The van der Waals surface area contributed by atoms with Gasteiger partial charge in [0.15, 0.2) is 0 Å². The molecule has 1 aromatic carbocycles. The molecule has 2 aliphatic rings. The fourth-order valence-electron chi connectivity index (χ4n) is 4.01. The zero-order chi connectivity index (χ0) is 15.0. The van der Waals surface area contributed by atoms with Gasteiger partial charge in [-0.3, -0.25) is 0 Å². The van der Waals surface area contributed by atoms with Crippen molar-refractivity contribution in [3.63, 3.8) is 0 Å². The molecule has 116 valence electrons. The minimum absolute atomic E-state index is 0.180. The summed E-state index contributed by atoms with van der Waals surface area (Å²) in [5.74, 6) is 1.60. The van der Waals surface area contributed by atoms with Gasteiger partial charge < -0.3 is 14.8 Å². The summed E-state index contributed by atoms with van der Waals surface area (Å²) in [6, 6.07) is 6.87. The zero-order valence-corrected chi connectivity index (χ0v) is 13.6. The van der Waals surface area contributed by atoms with Crippen LogP contribution in [0.15, 0.2) is 18.2 Å². The first-order valence-corrected chi connectivity index (χ1v) is 8.15. The number of anilines is 1. The number of rotatable bonds is 4. The predicted octanol–water partition coefficient (Wildman–Crippen LogP) is 4.01. The zero-order valence-electron chi connectivity index (χ0n) is 13.6. The highest BCUT2D eigenvalue weighted by Crippen LogP contribution is 2.52. The maximum Gasteiger partial charge on any atom is 0.142 e. The van der Waals surface area contributed by atoms with E-state index in [2.05, 4.69) is 44.3 Å². The van der Waals surface area contributed by atoms with Gasteiger partial charge in [-0.1, -0.05) is 19.9 Å². The van der Waals surface area contributed by atoms with Crippen LogP contribution in [0.1, 0.15) is 39.2 Å². The summed E-state index contributed by atoms with van der Waals surface area (Å²) in [6.45, 7) is 10.4. The smallest absolute Gasteiger partial charge is 0.142 e. The van der Waals surface area contributed by atoms with Gasteiger partial charge in [-0.25, -0.2) is 0 Å². The van der Waals surface area contributed by atoms with Crippen molar-refractivity contribution >= 4 is 5.69 Å². The van der Waals surface area contributed by atoms with Gasteiger partial charge in [-0.05, 0) is 44.4 Å². The molecule has 1 aliphatic carbocycles. The maximum atomic E-state index is 5.99. The lowest BCUT2D eigenvalue weighted by Crippen LogP contribution is -2.67. The molecule has 3 heteroatoms. The van der Waals surface area contributed by atoms with Crippen molar-refractivity contribution < 1.29 is 9.47 Å². The van der Waals surface area contributed by atoms with Crippen LogP contribution in [0.3, 0.4) is 0 Å². The predicted molar refractivity (Wildman–Crippen MR) is 86.0 cm³/mol. The van der Waals surface area contributed by atoms with Gasteiger partial charge in [0.05, 0.1) is 18.4 Å². The summed E-state index contributed by atoms with van der Waals surface area (Å²) in [5.41, 5.74) is 2.53. The molecule has 1 aliphatic heterocycles. The van der Waals surface area contributed by atoms with Gasteiger partial charge in [0.1, 0.15) is 5.75 Å². The maximum absolute atomic E-state index is 5.99. The molecule has 1 N–H and O–H groups in total. The fraction of sp³-hybridized carbons (Fsp3) is 0.667. The molecule has 3 rings (SSSR count). The number of aryl methyl sites for hydroxylation is 1. The summed E-state index contributed by atoms with van der Waals surface area (Å²) in [5, 5.41) is 3.74. The Morgan fingerprint density at radius 2 is 2.19 bits per heavy atom. The third-order valence-electron chi connectivity index (χ3n) is 5.08. The number of hydrogen-bond donors (Lipinski definition) is 1. The lowest BCUT2D eigenvalue weighted by atomic mass is 9.55. The molecule has 3 atom stereocenters. The van der Waals surface area contributed by atoms with Gasteiger partial charge in [-0.15, -0.1) is 0 Å². The minimum atomic E-state index is 0.180. The quantitative estimate of drug-likeness (QED) is 0.908. The first kappa shape index (κ1) is 14.7. The highest BCUT2D eigenvalue weighted by molar-refractivity contribution is 5.59. The SMILES string of the molecule is CCOc1cc(C)ccc1NC1C2CCCOC2C1(C)C. The summed E-state index contributed by atoms with van der Waals surface area (Å²) in [4.78, 5) is 0. The van der Waals surface area contributed by atoms with Gasteiger partial charge in [0.2, 0.25) is 0 Å². The molecule has 0 amide bonds. The van der Waals surface area contributed by atoms with Crippen LogP contribution < -0.4 is 10.1 Å². The van der Waals surface area contributed by atoms with Crippen molar-refractivity contribution in [1.82, 2.24) is 0 Å². The van der Waals surface area contributed by atoms with E-state index >= 15 is 0 Å². The highest BCUT2D eigenvalue weighted by Gasteiger charge is 2.58. The molecule has 1 saturated carbocycles. The van der Waals surface area contributed by atoms with E-state index in [-0.39, 0.29) is 5.41 Å². The first-order chi connectivity index (χ1) is 10.0. The van der Waals surface area contributed by atoms with Crippen molar-refractivity contribution in [2.75, 3.05) is 18.5 Å². The standard InChI is InChI=1S/C18H27NO2/c1-5-20-15-11-12(2)8-9-14(15)19-16-13-7-6-10-21-17(13)18(16,3)4/h8-9,11,13,16-17,19H,5-7,10H2,1-4H3. The van der Waals surface area contributed by atoms with E-state index in [9.17, 15) is 0 Å². The van der Waals surface area contributed by atoms with Crippen LogP contribution in [0.2, 0.25) is 0 Å². The molecule has 0 radical (unpaired) electrons. The Kier molecular flexibility index (Phi) is 3.87. The van der Waals surface area contributed by atoms with Crippen molar-refractivity contribution in [3.8, 4) is 5.75 Å². The van der Waals surface area contributed by atoms with E-state index in [1.165, 1.54) is 18.4 Å². The van der Waals surface area contributed by atoms with Crippen LogP contribution >= 0.6 is 0 Å². The summed E-state index contributed by atoms with van der Waals surface area (Å²) in [6.07, 6.45) is 2.85. The Bertz CT molecular complexity index is 512. The van der Waals surface area contributed by atoms with Gasteiger partial charge in [0, 0.05) is 24.0 Å². The Morgan fingerprint density at radius 1 is 1.38 bits per heavy atom. The number of fused-ring (bicyclic) bond motifs is 1. The molecule has 3 unspecified atom stereocenters. The van der Waals surface area contributed by atoms with Gasteiger partial charge in [-0.2, -0.15) is 0 Å². The van der Waals surface area contributed by atoms with E-state index < -0.39 is 0 Å². The van der Waals surface area contributed by atoms with Gasteiger partial charge >= 0.3 is 0 Å². The lowest BCUT2D eigenvalue weighted by Gasteiger charge is -2.60. The number of ether oxygens (including phenoxy) is 2. The third-order valence-corrected chi connectivity index (χ3v) is 5.08. The van der Waals surface area contributed by atoms with Crippen molar-refractivity contribution in [1.29, 1.82) is 0 Å². The molecule has 0 bridgehead atoms. The molecule has 2 fully saturated rings. The number of nitrogens with one attached hydrogen (secondary N) is 1. The van der Waals surface area contributed by atoms with E-state index in [4.69, 9.17) is 9.47 Å². The average Bonchev–Trinajstić information content (AvgIpc) is 2.46. The Balaban J connectivity index is 1.80. The molecular formula is C18H27NO2. The molecule has 3 nitrogen and oxygen atoms in total. The molecule has 0 spiro atoms. The minimum Gasteiger partial charge on any atom is -0.492 e. The molecular weight excluding hydrogens is 262 g/mol. The number of benzene rings is 1. The van der Waals surface area contributed by atoms with Crippen LogP contribution in [0, 0.1) is 18.3 Å². The second-order valence-electron chi connectivity index (χ2n) is 6.97. The van der Waals surface area contributed by atoms with Crippen LogP contribution in [0.4, 0.5) is 5.69 Å². The second-order valence-corrected chi connectivity index (χ2v) is 6.97. The molecule has 21 heavy (non-hydrogen) atoms. The Labute approximate surface area is 128 Å². The Hall–Kier alpha value is -1.22. The van der Waals surface area contributed by atoms with E-state index in [0.717, 1.165) is 18.0 Å². The van der Waals surface area contributed by atoms with Gasteiger partial charge in [0.25, 0.3) is 0 Å². The topological polar surface area (TPSA) is 30.5 Å². The van der Waals surface area contributed by atoms with Crippen LogP contribution in [0.25, 0.3) is 0 Å². The van der Waals surface area contributed by atoms with E-state index in [1.54, 1.807) is 0 Å². The second kappa shape index (κ2) is 5.53. The molecule has 0 aromatic heterocycles. The first-order valence-electron chi connectivity index (χ1n) is 8.15. The summed E-state index contributed by atoms with van der Waals surface area (Å²) < 4.78 is 11.8. The monoisotopic (exact) mass is 289 g/mol. The van der Waals surface area contributed by atoms with E-state index in [1.807, 2.05) is 6.92 Å². The van der Waals surface area contributed by atoms with Crippen LogP contribution in [-0.4, -0.2) is 25.4 Å². The Morgan fingerprint density at radius 3 is 2.95 bits per heavy atom. The average molecular weight is 289 g/mol. The molecule has 1 heterocycles. The summed E-state index contributed by atoms with van der Waals surface area (Å²) >= 11 is 0. The normalized spacial score (nSPS) is 30.2. The third kappa shape index (κ3) is 2.52. The van der Waals surface area contributed by atoms with Crippen molar-refractivity contribution in [2.24, 2.45) is 11.3 Å². The number of hydrogen-bond acceptors (Lipinski definition) is 3.